The van der Waals surface area contributed by atoms with Gasteiger partial charge in [0.05, 0.1) is 4.92 Å². The molecule has 1 heterocycles. The van der Waals surface area contributed by atoms with E-state index in [9.17, 15) is 10.1 Å². The summed E-state index contributed by atoms with van der Waals surface area (Å²) in [6.45, 7) is 5.01. The van der Waals surface area contributed by atoms with Gasteiger partial charge in [-0.1, -0.05) is 13.8 Å². The van der Waals surface area contributed by atoms with Gasteiger partial charge in [0.1, 0.15) is 0 Å². The zero-order chi connectivity index (χ0) is 12.8. The van der Waals surface area contributed by atoms with Crippen LogP contribution in [0.5, 0.6) is 0 Å². The first-order valence-electron chi connectivity index (χ1n) is 5.54. The lowest BCUT2D eigenvalue weighted by Gasteiger charge is -2.07. The second-order valence-electron chi connectivity index (χ2n) is 4.24. The fraction of sp³-hybridized carbons (Fsp3) is 0.545. The average Bonchev–Trinajstić information content (AvgIpc) is 2.25. The average molecular weight is 302 g/mol. The Morgan fingerprint density at radius 1 is 1.59 bits per heavy atom. The van der Waals surface area contributed by atoms with Crippen LogP contribution in [-0.4, -0.2) is 16.5 Å². The number of aromatic nitrogens is 1. The summed E-state index contributed by atoms with van der Waals surface area (Å²) >= 11 is 3.17. The lowest BCUT2D eigenvalue weighted by atomic mass is 10.1. The number of anilines is 1. The van der Waals surface area contributed by atoms with E-state index in [2.05, 4.69) is 40.1 Å². The highest BCUT2D eigenvalue weighted by molar-refractivity contribution is 9.10. The van der Waals surface area contributed by atoms with Gasteiger partial charge in [0.25, 0.3) is 0 Å². The molecular formula is C11H16BrN3O2. The summed E-state index contributed by atoms with van der Waals surface area (Å²) in [7, 11) is 0. The zero-order valence-corrected chi connectivity index (χ0v) is 11.5. The molecule has 0 spiro atoms. The van der Waals surface area contributed by atoms with Crippen LogP contribution < -0.4 is 5.32 Å². The van der Waals surface area contributed by atoms with Crippen molar-refractivity contribution in [2.75, 3.05) is 11.9 Å². The van der Waals surface area contributed by atoms with E-state index in [1.807, 2.05) is 0 Å². The second-order valence-corrected chi connectivity index (χ2v) is 5.16. The van der Waals surface area contributed by atoms with E-state index in [1.165, 1.54) is 6.07 Å². The van der Waals surface area contributed by atoms with E-state index in [0.29, 0.717) is 22.8 Å². The van der Waals surface area contributed by atoms with Gasteiger partial charge in [-0.2, -0.15) is 0 Å². The monoisotopic (exact) mass is 301 g/mol. The molecule has 0 aliphatic heterocycles. The smallest absolute Gasteiger partial charge is 0.312 e. The number of hydrogen-bond donors (Lipinski definition) is 1. The number of hydrogen-bond acceptors (Lipinski definition) is 4. The van der Waals surface area contributed by atoms with Crippen molar-refractivity contribution in [3.05, 3.63) is 26.9 Å². The molecule has 0 aliphatic carbocycles. The molecule has 0 aliphatic rings. The first-order valence-corrected chi connectivity index (χ1v) is 6.34. The van der Waals surface area contributed by atoms with Crippen molar-refractivity contribution in [2.24, 2.45) is 5.92 Å². The van der Waals surface area contributed by atoms with E-state index in [0.717, 1.165) is 12.8 Å². The van der Waals surface area contributed by atoms with Crippen LogP contribution in [0.15, 0.2) is 16.7 Å². The van der Waals surface area contributed by atoms with Crippen LogP contribution in [0.25, 0.3) is 0 Å². The topological polar surface area (TPSA) is 68.1 Å². The molecule has 0 fully saturated rings. The van der Waals surface area contributed by atoms with Crippen molar-refractivity contribution in [2.45, 2.75) is 26.7 Å². The van der Waals surface area contributed by atoms with Gasteiger partial charge in [0.15, 0.2) is 0 Å². The Labute approximate surface area is 109 Å². The van der Waals surface area contributed by atoms with Gasteiger partial charge in [-0.25, -0.2) is 4.98 Å². The first kappa shape index (κ1) is 13.9. The molecular weight excluding hydrogens is 286 g/mol. The van der Waals surface area contributed by atoms with E-state index in [1.54, 1.807) is 6.20 Å². The highest BCUT2D eigenvalue weighted by Crippen LogP contribution is 2.25. The van der Waals surface area contributed by atoms with E-state index >= 15 is 0 Å². The minimum absolute atomic E-state index is 0.00363. The van der Waals surface area contributed by atoms with Gasteiger partial charge in [-0.15, -0.1) is 0 Å². The van der Waals surface area contributed by atoms with Crippen molar-refractivity contribution < 1.29 is 4.92 Å². The molecule has 6 heteroatoms. The molecule has 94 valence electrons. The number of rotatable bonds is 6. The molecule has 1 aromatic rings. The predicted octanol–water partition coefficient (Wildman–Crippen LogP) is 3.60. The van der Waals surface area contributed by atoms with Crippen LogP contribution in [-0.2, 0) is 0 Å². The third kappa shape index (κ3) is 4.68. The maximum atomic E-state index is 10.8. The summed E-state index contributed by atoms with van der Waals surface area (Å²) in [6.07, 6.45) is 3.63. The van der Waals surface area contributed by atoms with Crippen molar-refractivity contribution in [3.8, 4) is 0 Å². The Balaban J connectivity index is 2.61. The zero-order valence-electron chi connectivity index (χ0n) is 9.94. The van der Waals surface area contributed by atoms with Crippen LogP contribution in [0.1, 0.15) is 26.7 Å². The molecule has 1 aromatic heterocycles. The Bertz CT molecular complexity index is 396. The van der Waals surface area contributed by atoms with Gasteiger partial charge in [0, 0.05) is 23.3 Å². The Kier molecular flexibility index (Phi) is 5.34. The van der Waals surface area contributed by atoms with Gasteiger partial charge in [0.2, 0.25) is 5.82 Å². The Morgan fingerprint density at radius 3 is 2.88 bits per heavy atom. The van der Waals surface area contributed by atoms with Gasteiger partial charge >= 0.3 is 5.69 Å². The van der Waals surface area contributed by atoms with E-state index in [-0.39, 0.29) is 5.69 Å². The summed E-state index contributed by atoms with van der Waals surface area (Å²) in [4.78, 5) is 14.4. The normalized spacial score (nSPS) is 10.6. The Morgan fingerprint density at radius 2 is 2.29 bits per heavy atom. The molecule has 0 radical (unpaired) electrons. The second kappa shape index (κ2) is 6.54. The standard InChI is InChI=1S/C11H16BrN3O2/c1-8(2)4-3-5-13-11-10(15(16)17)6-9(12)7-14-11/h6-8H,3-5H2,1-2H3,(H,13,14). The molecule has 0 atom stereocenters. The van der Waals surface area contributed by atoms with Gasteiger partial charge in [-0.05, 0) is 34.7 Å². The number of pyridine rings is 1. The van der Waals surface area contributed by atoms with Crippen molar-refractivity contribution in [1.82, 2.24) is 4.98 Å². The minimum Gasteiger partial charge on any atom is -0.364 e. The van der Waals surface area contributed by atoms with Crippen molar-refractivity contribution in [3.63, 3.8) is 0 Å². The highest BCUT2D eigenvalue weighted by atomic mass is 79.9. The molecule has 1 N–H and O–H groups in total. The molecule has 0 saturated carbocycles. The quantitative estimate of drug-likeness (QED) is 0.495. The lowest BCUT2D eigenvalue weighted by molar-refractivity contribution is -0.384. The fourth-order valence-electron chi connectivity index (χ4n) is 1.42. The highest BCUT2D eigenvalue weighted by Gasteiger charge is 2.15. The van der Waals surface area contributed by atoms with Crippen LogP contribution in [0.3, 0.4) is 0 Å². The first-order chi connectivity index (χ1) is 8.00. The van der Waals surface area contributed by atoms with Crippen LogP contribution in [0.2, 0.25) is 0 Å². The molecule has 5 nitrogen and oxygen atoms in total. The molecule has 0 unspecified atom stereocenters. The Hall–Kier alpha value is -1.17. The summed E-state index contributed by atoms with van der Waals surface area (Å²) in [5, 5.41) is 13.8. The molecule has 17 heavy (non-hydrogen) atoms. The van der Waals surface area contributed by atoms with Crippen LogP contribution in [0, 0.1) is 16.0 Å². The summed E-state index contributed by atoms with van der Waals surface area (Å²) < 4.78 is 0.608. The van der Waals surface area contributed by atoms with Crippen LogP contribution in [0.4, 0.5) is 11.5 Å². The maximum absolute atomic E-state index is 10.8. The molecule has 0 aromatic carbocycles. The van der Waals surface area contributed by atoms with Crippen molar-refractivity contribution >= 4 is 27.4 Å². The van der Waals surface area contributed by atoms with E-state index < -0.39 is 4.92 Å². The fourth-order valence-corrected chi connectivity index (χ4v) is 1.74. The number of nitrogens with zero attached hydrogens (tertiary/aromatic N) is 2. The molecule has 1 rings (SSSR count). The predicted molar refractivity (Wildman–Crippen MR) is 71.2 cm³/mol. The third-order valence-corrected chi connectivity index (χ3v) is 2.72. The molecule has 0 bridgehead atoms. The van der Waals surface area contributed by atoms with Gasteiger partial charge in [-0.3, -0.25) is 10.1 Å². The number of halogens is 1. The summed E-state index contributed by atoms with van der Waals surface area (Å²) in [6, 6.07) is 1.46. The number of nitrogens with one attached hydrogen (secondary N) is 1. The lowest BCUT2D eigenvalue weighted by Crippen LogP contribution is -2.07. The van der Waals surface area contributed by atoms with Crippen LogP contribution >= 0.6 is 15.9 Å². The molecule has 0 saturated heterocycles. The van der Waals surface area contributed by atoms with E-state index in [4.69, 9.17) is 0 Å². The van der Waals surface area contributed by atoms with Gasteiger partial charge < -0.3 is 5.32 Å². The third-order valence-electron chi connectivity index (χ3n) is 2.28. The SMILES string of the molecule is CC(C)CCCNc1ncc(Br)cc1[N+](=O)[O-]. The minimum atomic E-state index is -0.428. The molecule has 0 amide bonds. The largest absolute Gasteiger partial charge is 0.364 e. The van der Waals surface area contributed by atoms with Crippen molar-refractivity contribution in [1.29, 1.82) is 0 Å². The maximum Gasteiger partial charge on any atom is 0.312 e. The number of nitro groups is 1. The summed E-state index contributed by atoms with van der Waals surface area (Å²) in [5.41, 5.74) is 0.00363. The summed E-state index contributed by atoms with van der Waals surface area (Å²) in [5.74, 6) is 0.978.